The predicted molar refractivity (Wildman–Crippen MR) is 137 cm³/mol. The number of nitrogens with zero attached hydrogens (tertiary/aromatic N) is 4. The summed E-state index contributed by atoms with van der Waals surface area (Å²) in [4.78, 5) is 21.4. The van der Waals surface area contributed by atoms with Gasteiger partial charge in [0.25, 0.3) is 5.91 Å². The maximum absolute atomic E-state index is 12.6. The van der Waals surface area contributed by atoms with Crippen LogP contribution in [0.3, 0.4) is 0 Å². The standard InChI is InChI=1S/C27H32ClN5O2/c1-27(2)20(16-24(27)30-26(34)19-8-9-29-25(28)14-19)15-21-17-23(35-31-21)18-32-10-12-33(13-11-32)22-6-4-3-5-7-22/h3-9,14,17,20,24H,10-13,15-16,18H2,1-2H3,(H,30,34). The van der Waals surface area contributed by atoms with E-state index in [-0.39, 0.29) is 17.4 Å². The first-order chi connectivity index (χ1) is 16.9. The minimum absolute atomic E-state index is 0.0284. The number of halogens is 1. The molecule has 1 saturated carbocycles. The Balaban J connectivity index is 1.10. The van der Waals surface area contributed by atoms with Crippen LogP contribution in [0.1, 0.15) is 42.1 Å². The Morgan fingerprint density at radius 3 is 2.63 bits per heavy atom. The number of carbonyl (C=O) groups is 1. The van der Waals surface area contributed by atoms with Crippen molar-refractivity contribution in [3.8, 4) is 0 Å². The molecule has 2 atom stereocenters. The van der Waals surface area contributed by atoms with E-state index in [4.69, 9.17) is 16.1 Å². The number of amides is 1. The molecule has 1 amide bonds. The van der Waals surface area contributed by atoms with Crippen LogP contribution in [0.25, 0.3) is 0 Å². The van der Waals surface area contributed by atoms with Crippen molar-refractivity contribution >= 4 is 23.2 Å². The van der Waals surface area contributed by atoms with E-state index in [1.165, 1.54) is 5.69 Å². The van der Waals surface area contributed by atoms with E-state index in [2.05, 4.69) is 75.5 Å². The minimum Gasteiger partial charge on any atom is -0.369 e. The largest absolute Gasteiger partial charge is 0.369 e. The predicted octanol–water partition coefficient (Wildman–Crippen LogP) is 4.43. The normalized spacial score (nSPS) is 22.0. The van der Waals surface area contributed by atoms with Crippen molar-refractivity contribution in [2.24, 2.45) is 11.3 Å². The van der Waals surface area contributed by atoms with Crippen LogP contribution in [0, 0.1) is 11.3 Å². The molecule has 1 aromatic carbocycles. The number of hydrogen-bond donors (Lipinski definition) is 1. The monoisotopic (exact) mass is 493 g/mol. The summed E-state index contributed by atoms with van der Waals surface area (Å²) in [6.07, 6.45) is 3.32. The molecule has 2 fully saturated rings. The second kappa shape index (κ2) is 9.99. The van der Waals surface area contributed by atoms with Crippen molar-refractivity contribution in [2.45, 2.75) is 39.3 Å². The summed E-state index contributed by atoms with van der Waals surface area (Å²) in [6, 6.07) is 16.1. The van der Waals surface area contributed by atoms with Crippen LogP contribution in [0.2, 0.25) is 5.15 Å². The number of para-hydroxylation sites is 1. The zero-order valence-corrected chi connectivity index (χ0v) is 21.0. The third-order valence-electron chi connectivity index (χ3n) is 7.70. The van der Waals surface area contributed by atoms with Crippen molar-refractivity contribution < 1.29 is 9.32 Å². The van der Waals surface area contributed by atoms with Crippen LogP contribution in [0.15, 0.2) is 59.3 Å². The number of anilines is 1. The lowest BCUT2D eigenvalue weighted by atomic mass is 9.57. The van der Waals surface area contributed by atoms with Crippen LogP contribution < -0.4 is 10.2 Å². The van der Waals surface area contributed by atoms with E-state index in [0.717, 1.165) is 57.0 Å². The van der Waals surface area contributed by atoms with Crippen molar-refractivity contribution in [3.63, 3.8) is 0 Å². The quantitative estimate of drug-likeness (QED) is 0.491. The van der Waals surface area contributed by atoms with Gasteiger partial charge in [0.05, 0.1) is 12.2 Å². The highest BCUT2D eigenvalue weighted by molar-refractivity contribution is 6.29. The van der Waals surface area contributed by atoms with Crippen molar-refractivity contribution in [3.05, 3.63) is 76.9 Å². The maximum atomic E-state index is 12.6. The van der Waals surface area contributed by atoms with E-state index in [9.17, 15) is 4.79 Å². The van der Waals surface area contributed by atoms with E-state index in [1.54, 1.807) is 18.3 Å². The highest BCUT2D eigenvalue weighted by Crippen LogP contribution is 2.47. The van der Waals surface area contributed by atoms with Gasteiger partial charge < -0.3 is 14.7 Å². The SMILES string of the molecule is CC1(C)C(Cc2cc(CN3CCN(c4ccccc4)CC3)on2)CC1NC(=O)c1ccnc(Cl)c1. The van der Waals surface area contributed by atoms with Crippen LogP contribution in [-0.4, -0.2) is 53.2 Å². The van der Waals surface area contributed by atoms with E-state index < -0.39 is 0 Å². The molecule has 3 heterocycles. The third-order valence-corrected chi connectivity index (χ3v) is 7.91. The molecule has 1 aliphatic carbocycles. The smallest absolute Gasteiger partial charge is 0.251 e. The first-order valence-corrected chi connectivity index (χ1v) is 12.7. The Kier molecular flexibility index (Phi) is 6.80. The van der Waals surface area contributed by atoms with E-state index >= 15 is 0 Å². The first kappa shape index (κ1) is 23.8. The molecule has 7 nitrogen and oxygen atoms in total. The Hall–Kier alpha value is -2.90. The van der Waals surface area contributed by atoms with Gasteiger partial charge in [0.1, 0.15) is 5.15 Å². The number of hydrogen-bond acceptors (Lipinski definition) is 6. The molecule has 5 rings (SSSR count). The van der Waals surface area contributed by atoms with Gasteiger partial charge in [-0.25, -0.2) is 4.98 Å². The lowest BCUT2D eigenvalue weighted by Crippen LogP contribution is -2.58. The Morgan fingerprint density at radius 2 is 1.91 bits per heavy atom. The molecule has 184 valence electrons. The van der Waals surface area contributed by atoms with Crippen molar-refractivity contribution in [2.75, 3.05) is 31.1 Å². The van der Waals surface area contributed by atoms with Gasteiger partial charge in [0, 0.05) is 55.7 Å². The Morgan fingerprint density at radius 1 is 1.14 bits per heavy atom. The van der Waals surface area contributed by atoms with Crippen LogP contribution >= 0.6 is 11.6 Å². The summed E-state index contributed by atoms with van der Waals surface area (Å²) in [7, 11) is 0. The minimum atomic E-state index is -0.109. The fraction of sp³-hybridized carbons (Fsp3) is 0.444. The highest BCUT2D eigenvalue weighted by atomic mass is 35.5. The molecule has 0 radical (unpaired) electrons. The van der Waals surface area contributed by atoms with Crippen LogP contribution in [0.5, 0.6) is 0 Å². The highest BCUT2D eigenvalue weighted by Gasteiger charge is 2.48. The van der Waals surface area contributed by atoms with E-state index in [1.807, 2.05) is 0 Å². The van der Waals surface area contributed by atoms with Gasteiger partial charge in [-0.15, -0.1) is 0 Å². The fourth-order valence-corrected chi connectivity index (χ4v) is 5.37. The average Bonchev–Trinajstić information content (AvgIpc) is 3.31. The summed E-state index contributed by atoms with van der Waals surface area (Å²) in [6.45, 7) is 9.24. The zero-order valence-electron chi connectivity index (χ0n) is 20.3. The van der Waals surface area contributed by atoms with Crippen LogP contribution in [0.4, 0.5) is 5.69 Å². The van der Waals surface area contributed by atoms with Crippen molar-refractivity contribution in [1.82, 2.24) is 20.4 Å². The molecule has 1 saturated heterocycles. The molecule has 2 aliphatic rings. The van der Waals surface area contributed by atoms with Crippen LogP contribution in [-0.2, 0) is 13.0 Å². The molecular formula is C27H32ClN5O2. The molecule has 3 aromatic rings. The summed E-state index contributed by atoms with van der Waals surface area (Å²) in [5.74, 6) is 1.24. The van der Waals surface area contributed by atoms with Gasteiger partial charge in [-0.05, 0) is 48.4 Å². The summed E-state index contributed by atoms with van der Waals surface area (Å²) < 4.78 is 5.68. The number of carbonyl (C=O) groups excluding carboxylic acids is 1. The number of benzene rings is 1. The average molecular weight is 494 g/mol. The van der Waals surface area contributed by atoms with Gasteiger partial charge in [-0.2, -0.15) is 0 Å². The second-order valence-electron chi connectivity index (χ2n) is 10.2. The molecule has 2 unspecified atom stereocenters. The molecule has 35 heavy (non-hydrogen) atoms. The molecule has 8 heteroatoms. The fourth-order valence-electron chi connectivity index (χ4n) is 5.19. The topological polar surface area (TPSA) is 74.5 Å². The second-order valence-corrected chi connectivity index (χ2v) is 10.6. The summed E-state index contributed by atoms with van der Waals surface area (Å²) in [5, 5.41) is 7.84. The number of pyridine rings is 1. The van der Waals surface area contributed by atoms with Gasteiger partial charge >= 0.3 is 0 Å². The van der Waals surface area contributed by atoms with E-state index in [0.29, 0.717) is 16.6 Å². The number of nitrogens with one attached hydrogen (secondary N) is 1. The molecular weight excluding hydrogens is 462 g/mol. The third kappa shape index (κ3) is 5.36. The lowest BCUT2D eigenvalue weighted by Gasteiger charge is -2.52. The summed E-state index contributed by atoms with van der Waals surface area (Å²) >= 11 is 5.93. The van der Waals surface area contributed by atoms with Gasteiger partial charge in [-0.1, -0.05) is 48.8 Å². The molecule has 2 aromatic heterocycles. The molecule has 0 bridgehead atoms. The summed E-state index contributed by atoms with van der Waals surface area (Å²) in [5.41, 5.74) is 2.79. The number of aromatic nitrogens is 2. The zero-order chi connectivity index (χ0) is 24.4. The first-order valence-electron chi connectivity index (χ1n) is 12.3. The number of piperazine rings is 1. The maximum Gasteiger partial charge on any atom is 0.251 e. The Labute approximate surface area is 211 Å². The van der Waals surface area contributed by atoms with Gasteiger partial charge in [0.15, 0.2) is 5.76 Å². The van der Waals surface area contributed by atoms with Crippen molar-refractivity contribution in [1.29, 1.82) is 0 Å². The molecule has 0 spiro atoms. The molecule has 1 N–H and O–H groups in total. The van der Waals surface area contributed by atoms with Gasteiger partial charge in [0.2, 0.25) is 0 Å². The number of rotatable bonds is 7. The van der Waals surface area contributed by atoms with Gasteiger partial charge in [-0.3, -0.25) is 9.69 Å². The lowest BCUT2D eigenvalue weighted by molar-refractivity contribution is 0.0138. The molecule has 1 aliphatic heterocycles. The Bertz CT molecular complexity index is 1160.